The van der Waals surface area contributed by atoms with E-state index in [9.17, 15) is 8.42 Å². The highest BCUT2D eigenvalue weighted by atomic mass is 32.2. The third-order valence-corrected chi connectivity index (χ3v) is 5.12. The summed E-state index contributed by atoms with van der Waals surface area (Å²) in [6, 6.07) is 7.57. The van der Waals surface area contributed by atoms with Crippen LogP contribution < -0.4 is 5.32 Å². The molecule has 0 aromatic heterocycles. The van der Waals surface area contributed by atoms with Crippen LogP contribution in [0.25, 0.3) is 0 Å². The number of hydrogen-bond donors (Lipinski definition) is 1. The first-order valence-electron chi connectivity index (χ1n) is 6.83. The number of nitrogens with one attached hydrogen (secondary N) is 1. The lowest BCUT2D eigenvalue weighted by Gasteiger charge is -2.35. The molecular formula is C15H23NO2S. The van der Waals surface area contributed by atoms with Gasteiger partial charge in [-0.3, -0.25) is 0 Å². The summed E-state index contributed by atoms with van der Waals surface area (Å²) < 4.78 is 22.8. The van der Waals surface area contributed by atoms with Crippen LogP contribution in [0.2, 0.25) is 0 Å². The Morgan fingerprint density at radius 1 is 1.11 bits per heavy atom. The number of anilines is 1. The van der Waals surface area contributed by atoms with Gasteiger partial charge in [0.25, 0.3) is 0 Å². The van der Waals surface area contributed by atoms with E-state index >= 15 is 0 Å². The van der Waals surface area contributed by atoms with Crippen LogP contribution >= 0.6 is 0 Å². The van der Waals surface area contributed by atoms with Crippen molar-refractivity contribution >= 4 is 15.5 Å². The normalized spacial score (nSPS) is 20.2. The molecule has 0 amide bonds. The Balaban J connectivity index is 1.97. The summed E-state index contributed by atoms with van der Waals surface area (Å²) in [7, 11) is -3.10. The van der Waals surface area contributed by atoms with E-state index in [0.29, 0.717) is 16.4 Å². The first-order valence-corrected chi connectivity index (χ1v) is 8.72. The zero-order valence-electron chi connectivity index (χ0n) is 11.9. The zero-order chi connectivity index (χ0) is 14.1. The van der Waals surface area contributed by atoms with E-state index in [0.717, 1.165) is 5.69 Å². The quantitative estimate of drug-likeness (QED) is 0.922. The minimum absolute atomic E-state index is 0.378. The first-order chi connectivity index (χ1) is 8.76. The molecule has 3 nitrogen and oxygen atoms in total. The van der Waals surface area contributed by atoms with Crippen molar-refractivity contribution in [1.82, 2.24) is 0 Å². The highest BCUT2D eigenvalue weighted by Gasteiger charge is 2.26. The molecule has 0 aliphatic heterocycles. The number of hydrogen-bond acceptors (Lipinski definition) is 3. The second kappa shape index (κ2) is 5.16. The molecular weight excluding hydrogens is 258 g/mol. The zero-order valence-corrected chi connectivity index (χ0v) is 12.8. The maximum absolute atomic E-state index is 11.4. The smallest absolute Gasteiger partial charge is 0.175 e. The molecule has 1 aliphatic carbocycles. The van der Waals surface area contributed by atoms with Gasteiger partial charge in [0.15, 0.2) is 9.84 Å². The van der Waals surface area contributed by atoms with Crippen LogP contribution in [-0.4, -0.2) is 20.7 Å². The second-order valence-electron chi connectivity index (χ2n) is 6.38. The maximum Gasteiger partial charge on any atom is 0.175 e. The molecule has 0 radical (unpaired) electrons. The van der Waals surface area contributed by atoms with Gasteiger partial charge < -0.3 is 5.32 Å². The predicted molar refractivity (Wildman–Crippen MR) is 79.2 cm³/mol. The van der Waals surface area contributed by atoms with Crippen molar-refractivity contribution in [1.29, 1.82) is 0 Å². The molecule has 0 saturated heterocycles. The predicted octanol–water partition coefficient (Wildman–Crippen LogP) is 3.47. The summed E-state index contributed by atoms with van der Waals surface area (Å²) in [4.78, 5) is 0.378. The summed E-state index contributed by atoms with van der Waals surface area (Å²) in [6.07, 6.45) is 6.08. The van der Waals surface area contributed by atoms with Crippen molar-refractivity contribution in [2.45, 2.75) is 50.5 Å². The molecule has 1 aliphatic rings. The van der Waals surface area contributed by atoms with Crippen LogP contribution in [0.4, 0.5) is 5.69 Å². The topological polar surface area (TPSA) is 46.2 Å². The lowest BCUT2D eigenvalue weighted by Crippen LogP contribution is -2.29. The average molecular weight is 281 g/mol. The fourth-order valence-corrected chi connectivity index (χ4v) is 3.21. The lowest BCUT2D eigenvalue weighted by atomic mass is 9.75. The number of sulfone groups is 1. The molecule has 106 valence electrons. The van der Waals surface area contributed by atoms with Gasteiger partial charge in [0, 0.05) is 18.0 Å². The van der Waals surface area contributed by atoms with Crippen LogP contribution in [0.15, 0.2) is 29.2 Å². The van der Waals surface area contributed by atoms with Crippen molar-refractivity contribution in [3.63, 3.8) is 0 Å². The molecule has 4 heteroatoms. The van der Waals surface area contributed by atoms with Gasteiger partial charge in [0.1, 0.15) is 0 Å². The fourth-order valence-electron chi connectivity index (χ4n) is 2.58. The van der Waals surface area contributed by atoms with E-state index in [4.69, 9.17) is 0 Å². The molecule has 19 heavy (non-hydrogen) atoms. The molecule has 0 unspecified atom stereocenters. The van der Waals surface area contributed by atoms with E-state index in [1.165, 1.54) is 31.9 Å². The molecule has 0 atom stereocenters. The van der Waals surface area contributed by atoms with Crippen LogP contribution in [0.1, 0.15) is 39.5 Å². The van der Waals surface area contributed by atoms with E-state index in [2.05, 4.69) is 19.2 Å². The largest absolute Gasteiger partial charge is 0.382 e. The van der Waals surface area contributed by atoms with Crippen LogP contribution in [0.3, 0.4) is 0 Å². The Bertz CT molecular complexity index is 522. The van der Waals surface area contributed by atoms with Crippen LogP contribution in [0.5, 0.6) is 0 Å². The van der Waals surface area contributed by atoms with Crippen LogP contribution in [0, 0.1) is 5.41 Å². The van der Waals surface area contributed by atoms with Gasteiger partial charge in [0.05, 0.1) is 4.90 Å². The Kier molecular flexibility index (Phi) is 3.90. The summed E-state index contributed by atoms with van der Waals surface area (Å²) in [5, 5.41) is 3.50. The molecule has 1 saturated carbocycles. The average Bonchev–Trinajstić information content (AvgIpc) is 2.31. The Morgan fingerprint density at radius 2 is 1.63 bits per heavy atom. The molecule has 0 spiro atoms. The van der Waals surface area contributed by atoms with E-state index < -0.39 is 9.84 Å². The second-order valence-corrected chi connectivity index (χ2v) is 8.40. The molecule has 1 fully saturated rings. The minimum Gasteiger partial charge on any atom is -0.382 e. The van der Waals surface area contributed by atoms with Crippen molar-refractivity contribution in [3.8, 4) is 0 Å². The summed E-state index contributed by atoms with van der Waals surface area (Å²) in [5.74, 6) is 0. The molecule has 1 aromatic carbocycles. The monoisotopic (exact) mass is 281 g/mol. The number of rotatable bonds is 3. The van der Waals surface area contributed by atoms with Gasteiger partial charge >= 0.3 is 0 Å². The molecule has 0 bridgehead atoms. The van der Waals surface area contributed by atoms with Gasteiger partial charge in [-0.2, -0.15) is 0 Å². The Hall–Kier alpha value is -1.03. The molecule has 1 aromatic rings. The van der Waals surface area contributed by atoms with Crippen molar-refractivity contribution in [3.05, 3.63) is 24.3 Å². The maximum atomic E-state index is 11.4. The van der Waals surface area contributed by atoms with Gasteiger partial charge in [0.2, 0.25) is 0 Å². The van der Waals surface area contributed by atoms with Gasteiger partial charge in [-0.05, 0) is 55.4 Å². The third kappa shape index (κ3) is 3.96. The van der Waals surface area contributed by atoms with Crippen molar-refractivity contribution in [2.24, 2.45) is 5.41 Å². The molecule has 1 N–H and O–H groups in total. The lowest BCUT2D eigenvalue weighted by molar-refractivity contribution is 0.232. The minimum atomic E-state index is -3.10. The van der Waals surface area contributed by atoms with Crippen LogP contribution in [-0.2, 0) is 9.84 Å². The van der Waals surface area contributed by atoms with Gasteiger partial charge in [-0.25, -0.2) is 8.42 Å². The Morgan fingerprint density at radius 3 is 2.11 bits per heavy atom. The number of benzene rings is 1. The summed E-state index contributed by atoms with van der Waals surface area (Å²) >= 11 is 0. The van der Waals surface area contributed by atoms with Crippen molar-refractivity contribution < 1.29 is 8.42 Å². The van der Waals surface area contributed by atoms with E-state index in [1.807, 2.05) is 12.1 Å². The van der Waals surface area contributed by atoms with E-state index in [-0.39, 0.29) is 0 Å². The first kappa shape index (κ1) is 14.4. The summed E-state index contributed by atoms with van der Waals surface area (Å²) in [5.41, 5.74) is 1.48. The highest BCUT2D eigenvalue weighted by molar-refractivity contribution is 7.90. The Labute approximate surface area is 116 Å². The third-order valence-electron chi connectivity index (χ3n) is 3.99. The SMILES string of the molecule is CC1(C)CCC(Nc2ccc(S(C)(=O)=O)cc2)CC1. The van der Waals surface area contributed by atoms with E-state index in [1.54, 1.807) is 12.1 Å². The standard InChI is InChI=1S/C15H23NO2S/c1-15(2)10-8-13(9-11-15)16-12-4-6-14(7-5-12)19(3,17)18/h4-7,13,16H,8-11H2,1-3H3. The fraction of sp³-hybridized carbons (Fsp3) is 0.600. The molecule has 2 rings (SSSR count). The molecule has 0 heterocycles. The van der Waals surface area contributed by atoms with Gasteiger partial charge in [-0.15, -0.1) is 0 Å². The highest BCUT2D eigenvalue weighted by Crippen LogP contribution is 2.36. The van der Waals surface area contributed by atoms with Crippen molar-refractivity contribution in [2.75, 3.05) is 11.6 Å². The van der Waals surface area contributed by atoms with Gasteiger partial charge in [-0.1, -0.05) is 13.8 Å². The summed E-state index contributed by atoms with van der Waals surface area (Å²) in [6.45, 7) is 4.65.